The minimum absolute atomic E-state index is 0.595. The Labute approximate surface area is 97.0 Å². The van der Waals surface area contributed by atoms with E-state index in [0.717, 1.165) is 10.2 Å². The minimum Gasteiger partial charge on any atom is -0.495 e. The summed E-state index contributed by atoms with van der Waals surface area (Å²) in [7, 11) is 1.59. The first-order chi connectivity index (χ1) is 6.63. The third-order valence-electron chi connectivity index (χ3n) is 1.64. The molecule has 0 aliphatic heterocycles. The van der Waals surface area contributed by atoms with Crippen LogP contribution in [0.5, 0.6) is 5.75 Å². The van der Waals surface area contributed by atoms with E-state index in [0.29, 0.717) is 17.3 Å². The van der Waals surface area contributed by atoms with Crippen molar-refractivity contribution in [1.82, 2.24) is 0 Å². The summed E-state index contributed by atoms with van der Waals surface area (Å²) >= 11 is 9.21. The van der Waals surface area contributed by atoms with Gasteiger partial charge in [-0.25, -0.2) is 0 Å². The first kappa shape index (κ1) is 11.4. The van der Waals surface area contributed by atoms with Gasteiger partial charge in [-0.3, -0.25) is 0 Å². The molecule has 1 rings (SSSR count). The number of nitrogens with one attached hydrogen (secondary N) is 1. The molecule has 1 aromatic carbocycles. The van der Waals surface area contributed by atoms with Gasteiger partial charge >= 0.3 is 0 Å². The van der Waals surface area contributed by atoms with Gasteiger partial charge in [0.05, 0.1) is 12.1 Å². The lowest BCUT2D eigenvalue weighted by atomic mass is 10.3. The first-order valence-electron chi connectivity index (χ1n) is 4.04. The Hall–Kier alpha value is -0.670. The molecule has 1 N–H and O–H groups in total. The zero-order chi connectivity index (χ0) is 10.6. The molecule has 0 unspecified atom stereocenters. The van der Waals surface area contributed by atoms with Gasteiger partial charge in [-0.15, -0.1) is 0 Å². The van der Waals surface area contributed by atoms with E-state index in [-0.39, 0.29) is 0 Å². The van der Waals surface area contributed by atoms with E-state index in [1.54, 1.807) is 7.11 Å². The molecule has 14 heavy (non-hydrogen) atoms. The zero-order valence-corrected chi connectivity index (χ0v) is 10.2. The molecule has 0 heterocycles. The Bertz CT molecular complexity index is 341. The van der Waals surface area contributed by atoms with Crippen LogP contribution in [0.15, 0.2) is 29.3 Å². The third-order valence-corrected chi connectivity index (χ3v) is 2.21. The summed E-state index contributed by atoms with van der Waals surface area (Å²) < 4.78 is 5.93. The summed E-state index contributed by atoms with van der Waals surface area (Å²) in [5.74, 6) is 0.676. The molecule has 0 aliphatic rings. The van der Waals surface area contributed by atoms with E-state index in [1.165, 1.54) is 0 Å². The maximum atomic E-state index is 5.95. The Kier molecular flexibility index (Phi) is 4.29. The molecule has 2 nitrogen and oxygen atoms in total. The Morgan fingerprint density at radius 1 is 1.64 bits per heavy atom. The second-order valence-electron chi connectivity index (χ2n) is 2.72. The van der Waals surface area contributed by atoms with Crippen LogP contribution in [0.4, 0.5) is 5.69 Å². The molecule has 1 aromatic rings. The summed E-state index contributed by atoms with van der Waals surface area (Å²) in [5, 5.41) is 3.74. The monoisotopic (exact) mass is 275 g/mol. The van der Waals surface area contributed by atoms with Gasteiger partial charge in [0.15, 0.2) is 0 Å². The van der Waals surface area contributed by atoms with Gasteiger partial charge in [0.2, 0.25) is 0 Å². The number of methoxy groups -OCH3 is 1. The predicted molar refractivity (Wildman–Crippen MR) is 64.6 cm³/mol. The van der Waals surface area contributed by atoms with Crippen LogP contribution in [0.1, 0.15) is 0 Å². The highest BCUT2D eigenvalue weighted by molar-refractivity contribution is 9.11. The van der Waals surface area contributed by atoms with Gasteiger partial charge in [0.1, 0.15) is 5.75 Å². The lowest BCUT2D eigenvalue weighted by molar-refractivity contribution is 0.415. The van der Waals surface area contributed by atoms with E-state index in [4.69, 9.17) is 16.3 Å². The highest BCUT2D eigenvalue weighted by Crippen LogP contribution is 2.27. The topological polar surface area (TPSA) is 21.3 Å². The zero-order valence-electron chi connectivity index (χ0n) is 7.81. The normalized spacial score (nSPS) is 9.64. The van der Waals surface area contributed by atoms with Crippen molar-refractivity contribution in [3.05, 3.63) is 34.3 Å². The maximum Gasteiger partial charge on any atom is 0.137 e. The highest BCUT2D eigenvalue weighted by Gasteiger charge is 2.00. The van der Waals surface area contributed by atoms with Crippen LogP contribution in [-0.4, -0.2) is 13.7 Å². The van der Waals surface area contributed by atoms with Gasteiger partial charge in [-0.2, -0.15) is 0 Å². The molecule has 0 saturated carbocycles. The van der Waals surface area contributed by atoms with Crippen LogP contribution in [-0.2, 0) is 0 Å². The van der Waals surface area contributed by atoms with Crippen molar-refractivity contribution in [2.75, 3.05) is 19.0 Å². The van der Waals surface area contributed by atoms with Crippen molar-refractivity contribution in [3.8, 4) is 5.75 Å². The van der Waals surface area contributed by atoms with Crippen molar-refractivity contribution in [3.63, 3.8) is 0 Å². The molecule has 0 aromatic heterocycles. The molecule has 0 atom stereocenters. The fourth-order valence-corrected chi connectivity index (χ4v) is 1.37. The van der Waals surface area contributed by atoms with Gasteiger partial charge < -0.3 is 10.1 Å². The smallest absolute Gasteiger partial charge is 0.137 e. The second kappa shape index (κ2) is 5.27. The number of rotatable bonds is 4. The molecule has 0 bridgehead atoms. The van der Waals surface area contributed by atoms with E-state index >= 15 is 0 Å². The quantitative estimate of drug-likeness (QED) is 0.906. The van der Waals surface area contributed by atoms with Crippen LogP contribution in [0.3, 0.4) is 0 Å². The molecule has 0 aliphatic carbocycles. The summed E-state index contributed by atoms with van der Waals surface area (Å²) in [4.78, 5) is 0. The fourth-order valence-electron chi connectivity index (χ4n) is 0.974. The fraction of sp³-hybridized carbons (Fsp3) is 0.200. The number of hydrogen-bond donors (Lipinski definition) is 1. The molecule has 4 heteroatoms. The molecular weight excluding hydrogens is 265 g/mol. The lowest BCUT2D eigenvalue weighted by Gasteiger charge is -2.07. The van der Waals surface area contributed by atoms with E-state index in [9.17, 15) is 0 Å². The average molecular weight is 277 g/mol. The van der Waals surface area contributed by atoms with Gasteiger partial charge in [0, 0.05) is 16.7 Å². The van der Waals surface area contributed by atoms with Crippen molar-refractivity contribution >= 4 is 33.2 Å². The number of benzene rings is 1. The van der Waals surface area contributed by atoms with Crippen LogP contribution in [0, 0.1) is 0 Å². The van der Waals surface area contributed by atoms with Gasteiger partial charge in [-0.1, -0.05) is 34.1 Å². The SMILES string of the molecule is C=C(Br)CNc1ccc(OC)c(Cl)c1. The second-order valence-corrected chi connectivity index (χ2v) is 4.25. The van der Waals surface area contributed by atoms with Crippen LogP contribution in [0.25, 0.3) is 0 Å². The molecule has 0 fully saturated rings. The minimum atomic E-state index is 0.595. The summed E-state index contributed by atoms with van der Waals surface area (Å²) in [5.41, 5.74) is 0.941. The van der Waals surface area contributed by atoms with Crippen LogP contribution in [0.2, 0.25) is 5.02 Å². The maximum absolute atomic E-state index is 5.95. The standard InChI is InChI=1S/C10H11BrClNO/c1-7(11)6-13-8-3-4-10(14-2)9(12)5-8/h3-5,13H,1,6H2,2H3. The van der Waals surface area contributed by atoms with E-state index in [1.807, 2.05) is 18.2 Å². The van der Waals surface area contributed by atoms with E-state index in [2.05, 4.69) is 27.8 Å². The molecule has 0 amide bonds. The Morgan fingerprint density at radius 2 is 2.36 bits per heavy atom. The Balaban J connectivity index is 2.71. The van der Waals surface area contributed by atoms with Crippen LogP contribution >= 0.6 is 27.5 Å². The van der Waals surface area contributed by atoms with Gasteiger partial charge in [-0.05, 0) is 18.2 Å². The average Bonchev–Trinajstić information content (AvgIpc) is 2.15. The lowest BCUT2D eigenvalue weighted by Crippen LogP contribution is -2.00. The van der Waals surface area contributed by atoms with Crippen molar-refractivity contribution in [2.24, 2.45) is 0 Å². The summed E-state index contributed by atoms with van der Waals surface area (Å²) in [6.07, 6.45) is 0. The van der Waals surface area contributed by atoms with Crippen LogP contribution < -0.4 is 10.1 Å². The molecular formula is C10H11BrClNO. The number of ether oxygens (including phenoxy) is 1. The number of halogens is 2. The highest BCUT2D eigenvalue weighted by atomic mass is 79.9. The third kappa shape index (κ3) is 3.24. The van der Waals surface area contributed by atoms with Crippen molar-refractivity contribution in [1.29, 1.82) is 0 Å². The molecule has 0 spiro atoms. The van der Waals surface area contributed by atoms with Crippen molar-refractivity contribution in [2.45, 2.75) is 0 Å². The number of hydrogen-bond acceptors (Lipinski definition) is 2. The summed E-state index contributed by atoms with van der Waals surface area (Å²) in [6.45, 7) is 4.39. The molecule has 76 valence electrons. The molecule has 0 radical (unpaired) electrons. The predicted octanol–water partition coefficient (Wildman–Crippen LogP) is 3.67. The van der Waals surface area contributed by atoms with Gasteiger partial charge in [0.25, 0.3) is 0 Å². The number of anilines is 1. The first-order valence-corrected chi connectivity index (χ1v) is 5.21. The Morgan fingerprint density at radius 3 is 2.86 bits per heavy atom. The molecule has 0 saturated heterocycles. The summed E-state index contributed by atoms with van der Waals surface area (Å²) in [6, 6.07) is 5.54. The van der Waals surface area contributed by atoms with E-state index < -0.39 is 0 Å². The van der Waals surface area contributed by atoms with Crippen molar-refractivity contribution < 1.29 is 4.74 Å². The largest absolute Gasteiger partial charge is 0.495 e.